The second-order valence-electron chi connectivity index (χ2n) is 9.14. The van der Waals surface area contributed by atoms with E-state index in [1.165, 1.54) is 82.1 Å². The lowest BCUT2D eigenvalue weighted by Crippen LogP contribution is -2.34. The topological polar surface area (TPSA) is 0 Å². The van der Waals surface area contributed by atoms with Crippen LogP contribution in [0, 0.1) is 23.3 Å². The van der Waals surface area contributed by atoms with Crippen molar-refractivity contribution < 1.29 is 0 Å². The molecule has 0 radical (unpaired) electrons. The van der Waals surface area contributed by atoms with Gasteiger partial charge in [-0.25, -0.2) is 0 Å². The summed E-state index contributed by atoms with van der Waals surface area (Å²) in [6.07, 6.45) is 18.5. The second-order valence-corrected chi connectivity index (χ2v) is 14.8. The van der Waals surface area contributed by atoms with Gasteiger partial charge in [0.15, 0.2) is 0 Å². The summed E-state index contributed by atoms with van der Waals surface area (Å²) in [7, 11) is -1.29. The number of rotatable bonds is 12. The van der Waals surface area contributed by atoms with E-state index in [1.807, 2.05) is 0 Å². The highest BCUT2D eigenvalue weighted by Crippen LogP contribution is 2.55. The molecule has 2 fully saturated rings. The highest BCUT2D eigenvalue weighted by atomic mass is 32.2. The fraction of sp³-hybridized carbons (Fsp3) is 0.913. The van der Waals surface area contributed by atoms with Gasteiger partial charge in [0, 0.05) is 6.42 Å². The molecule has 2 aliphatic rings. The molecule has 0 saturated heterocycles. The van der Waals surface area contributed by atoms with Gasteiger partial charge >= 0.3 is 0 Å². The van der Waals surface area contributed by atoms with E-state index < -0.39 is 8.07 Å². The van der Waals surface area contributed by atoms with Crippen molar-refractivity contribution in [3.8, 4) is 11.5 Å². The summed E-state index contributed by atoms with van der Waals surface area (Å²) in [5.41, 5.74) is 4.83. The SMILES string of the molecule is CCCSCCCCCCCCCC#C[Si](C)(C)C1CC2CCC1C2. The summed E-state index contributed by atoms with van der Waals surface area (Å²) < 4.78 is 0. The molecule has 3 atom stereocenters. The molecule has 0 N–H and O–H groups in total. The zero-order chi connectivity index (χ0) is 18.0. The highest BCUT2D eigenvalue weighted by Gasteiger charge is 2.46. The maximum Gasteiger partial charge on any atom is 0.135 e. The van der Waals surface area contributed by atoms with Crippen LogP contribution in [0.5, 0.6) is 0 Å². The average molecular weight is 379 g/mol. The molecule has 0 nitrogen and oxygen atoms in total. The third-order valence-corrected chi connectivity index (χ3v) is 11.2. The van der Waals surface area contributed by atoms with E-state index in [9.17, 15) is 0 Å². The van der Waals surface area contributed by atoms with E-state index in [4.69, 9.17) is 0 Å². The summed E-state index contributed by atoms with van der Waals surface area (Å²) in [5.74, 6) is 8.47. The third-order valence-electron chi connectivity index (χ3n) is 6.51. The Kier molecular flexibility index (Phi) is 10.1. The lowest BCUT2D eigenvalue weighted by Gasteiger charge is -2.31. The number of thioether (sulfide) groups is 1. The Labute approximate surface area is 163 Å². The van der Waals surface area contributed by atoms with Crippen molar-refractivity contribution in [3.63, 3.8) is 0 Å². The second kappa shape index (κ2) is 11.8. The van der Waals surface area contributed by atoms with Crippen molar-refractivity contribution in [2.75, 3.05) is 11.5 Å². The van der Waals surface area contributed by atoms with Crippen LogP contribution in [-0.2, 0) is 0 Å². The summed E-state index contributed by atoms with van der Waals surface area (Å²) in [6.45, 7) is 7.37. The average Bonchev–Trinajstić information content (AvgIpc) is 3.22. The Morgan fingerprint density at radius 3 is 2.24 bits per heavy atom. The number of hydrogen-bond donors (Lipinski definition) is 0. The van der Waals surface area contributed by atoms with Crippen molar-refractivity contribution in [2.24, 2.45) is 11.8 Å². The van der Waals surface area contributed by atoms with Gasteiger partial charge in [-0.1, -0.05) is 65.0 Å². The molecule has 0 amide bonds. The molecule has 2 heteroatoms. The molecule has 2 rings (SSSR count). The van der Waals surface area contributed by atoms with Crippen molar-refractivity contribution in [1.82, 2.24) is 0 Å². The van der Waals surface area contributed by atoms with E-state index in [-0.39, 0.29) is 0 Å². The first-order valence-corrected chi connectivity index (χ1v) is 15.4. The van der Waals surface area contributed by atoms with E-state index >= 15 is 0 Å². The Morgan fingerprint density at radius 1 is 0.880 bits per heavy atom. The zero-order valence-electron chi connectivity index (χ0n) is 17.2. The predicted octanol–water partition coefficient (Wildman–Crippen LogP) is 7.69. The van der Waals surface area contributed by atoms with E-state index in [2.05, 4.69) is 43.2 Å². The molecule has 2 aliphatic carbocycles. The molecule has 3 unspecified atom stereocenters. The van der Waals surface area contributed by atoms with Gasteiger partial charge in [0.25, 0.3) is 0 Å². The minimum absolute atomic E-state index is 1.02. The smallest absolute Gasteiger partial charge is 0.135 e. The Bertz CT molecular complexity index is 420. The highest BCUT2D eigenvalue weighted by molar-refractivity contribution is 7.99. The summed E-state index contributed by atoms with van der Waals surface area (Å²) in [4.78, 5) is 0. The molecule has 2 bridgehead atoms. The van der Waals surface area contributed by atoms with E-state index in [1.54, 1.807) is 6.42 Å². The van der Waals surface area contributed by atoms with Crippen molar-refractivity contribution in [3.05, 3.63) is 0 Å². The molecule has 25 heavy (non-hydrogen) atoms. The van der Waals surface area contributed by atoms with Crippen LogP contribution in [0.15, 0.2) is 0 Å². The molecule has 144 valence electrons. The standard InChI is InChI=1S/C23H42SSi/c1-4-16-24-17-12-10-8-6-5-7-9-11-13-18-25(2,3)23-20-21-14-15-22(23)19-21/h21-23H,4-12,14-17,19-20H2,1-3H3. The lowest BCUT2D eigenvalue weighted by molar-refractivity contribution is 0.471. The molecule has 0 heterocycles. The van der Waals surface area contributed by atoms with Crippen molar-refractivity contribution >= 4 is 19.8 Å². The molecular weight excluding hydrogens is 336 g/mol. The first kappa shape index (κ1) is 21.4. The van der Waals surface area contributed by atoms with Crippen LogP contribution in [0.3, 0.4) is 0 Å². The van der Waals surface area contributed by atoms with Gasteiger partial charge in [-0.2, -0.15) is 11.8 Å². The van der Waals surface area contributed by atoms with Crippen LogP contribution in [0.1, 0.15) is 90.4 Å². The molecular formula is C23H42SSi. The Hall–Kier alpha value is 0.127. The lowest BCUT2D eigenvalue weighted by atomic mass is 10.0. The van der Waals surface area contributed by atoms with E-state index in [0.717, 1.165) is 23.8 Å². The van der Waals surface area contributed by atoms with Crippen molar-refractivity contribution in [1.29, 1.82) is 0 Å². The number of fused-ring (bicyclic) bond motifs is 2. The monoisotopic (exact) mass is 378 g/mol. The van der Waals surface area contributed by atoms with Crippen LogP contribution in [0.25, 0.3) is 0 Å². The molecule has 2 saturated carbocycles. The molecule has 0 aliphatic heterocycles. The van der Waals surface area contributed by atoms with Gasteiger partial charge in [0.2, 0.25) is 0 Å². The zero-order valence-corrected chi connectivity index (χ0v) is 19.1. The Morgan fingerprint density at radius 2 is 1.60 bits per heavy atom. The number of hydrogen-bond acceptors (Lipinski definition) is 1. The summed E-state index contributed by atoms with van der Waals surface area (Å²) in [6, 6.07) is 0. The normalized spacial score (nSPS) is 25.2. The van der Waals surface area contributed by atoms with Crippen LogP contribution >= 0.6 is 11.8 Å². The molecule has 0 aromatic rings. The first-order valence-electron chi connectivity index (χ1n) is 11.2. The summed E-state index contributed by atoms with van der Waals surface area (Å²) >= 11 is 2.13. The van der Waals surface area contributed by atoms with Gasteiger partial charge in [-0.3, -0.25) is 0 Å². The fourth-order valence-corrected chi connectivity index (χ4v) is 9.13. The minimum Gasteiger partial charge on any atom is -0.162 e. The van der Waals surface area contributed by atoms with Gasteiger partial charge < -0.3 is 0 Å². The number of unbranched alkanes of at least 4 members (excludes halogenated alkanes) is 7. The first-order chi connectivity index (χ1) is 12.1. The molecule has 0 aromatic heterocycles. The molecule has 0 spiro atoms. The van der Waals surface area contributed by atoms with Gasteiger partial charge in [-0.05, 0) is 61.0 Å². The fourth-order valence-electron chi connectivity index (χ4n) is 5.06. The predicted molar refractivity (Wildman–Crippen MR) is 119 cm³/mol. The van der Waals surface area contributed by atoms with Crippen molar-refractivity contribution in [2.45, 2.75) is 109 Å². The van der Waals surface area contributed by atoms with Crippen LogP contribution in [0.2, 0.25) is 18.6 Å². The van der Waals surface area contributed by atoms with Crippen LogP contribution in [0.4, 0.5) is 0 Å². The minimum atomic E-state index is -1.29. The largest absolute Gasteiger partial charge is 0.162 e. The van der Waals surface area contributed by atoms with Gasteiger partial charge in [-0.15, -0.1) is 11.5 Å². The molecule has 0 aromatic carbocycles. The van der Waals surface area contributed by atoms with Crippen LogP contribution < -0.4 is 0 Å². The van der Waals surface area contributed by atoms with E-state index in [0.29, 0.717) is 0 Å². The van der Waals surface area contributed by atoms with Crippen LogP contribution in [-0.4, -0.2) is 19.6 Å². The van der Waals surface area contributed by atoms with Gasteiger partial charge in [0.05, 0.1) is 0 Å². The Balaban J connectivity index is 1.45. The summed E-state index contributed by atoms with van der Waals surface area (Å²) in [5, 5.41) is 0. The third kappa shape index (κ3) is 7.72. The maximum absolute atomic E-state index is 3.81. The quantitative estimate of drug-likeness (QED) is 0.190. The maximum atomic E-state index is 3.81. The van der Waals surface area contributed by atoms with Gasteiger partial charge in [0.1, 0.15) is 8.07 Å².